The maximum absolute atomic E-state index is 13.0. The number of thiophene rings is 1. The number of aromatic nitrogens is 2. The molecule has 0 aliphatic heterocycles. The van der Waals surface area contributed by atoms with Gasteiger partial charge in [0.1, 0.15) is 4.83 Å². The number of para-hydroxylation sites is 1. The largest absolute Gasteiger partial charge is 0.320 e. The predicted molar refractivity (Wildman–Crippen MR) is 115 cm³/mol. The highest BCUT2D eigenvalue weighted by atomic mass is 32.2. The molecule has 0 aliphatic rings. The lowest BCUT2D eigenvalue weighted by Gasteiger charge is -2.10. The SMILES string of the molecule is Cc1c(C(=O)Nc2ccccc2Sc2ccccc2)sc2ncn(C)c(=O)c12. The van der Waals surface area contributed by atoms with E-state index in [-0.39, 0.29) is 11.5 Å². The third-order valence-corrected chi connectivity index (χ3v) is 6.61. The number of anilines is 1. The number of benzene rings is 2. The molecule has 0 saturated carbocycles. The molecule has 0 saturated heterocycles. The molecule has 0 spiro atoms. The summed E-state index contributed by atoms with van der Waals surface area (Å²) in [6.45, 7) is 1.79. The Morgan fingerprint density at radius 2 is 1.82 bits per heavy atom. The van der Waals surface area contributed by atoms with Gasteiger partial charge in [-0.05, 0) is 36.8 Å². The Kier molecular flexibility index (Phi) is 5.02. The minimum absolute atomic E-state index is 0.141. The van der Waals surface area contributed by atoms with Crippen LogP contribution in [0.4, 0.5) is 5.69 Å². The lowest BCUT2D eigenvalue weighted by Crippen LogP contribution is -2.17. The number of hydrogen-bond acceptors (Lipinski definition) is 5. The van der Waals surface area contributed by atoms with Crippen molar-refractivity contribution in [1.82, 2.24) is 9.55 Å². The topological polar surface area (TPSA) is 64.0 Å². The highest BCUT2D eigenvalue weighted by molar-refractivity contribution is 7.99. The Morgan fingerprint density at radius 3 is 2.61 bits per heavy atom. The van der Waals surface area contributed by atoms with E-state index in [0.29, 0.717) is 20.7 Å². The van der Waals surface area contributed by atoms with E-state index < -0.39 is 0 Å². The number of carbonyl (C=O) groups excluding carboxylic acids is 1. The number of nitrogens with zero attached hydrogens (tertiary/aromatic N) is 2. The van der Waals surface area contributed by atoms with Gasteiger partial charge in [0.15, 0.2) is 0 Å². The fraction of sp³-hybridized carbons (Fsp3) is 0.0952. The van der Waals surface area contributed by atoms with Crippen LogP contribution in [-0.2, 0) is 7.05 Å². The Hall–Kier alpha value is -2.90. The van der Waals surface area contributed by atoms with Gasteiger partial charge in [0.2, 0.25) is 0 Å². The average Bonchev–Trinajstić information content (AvgIpc) is 3.04. The first kappa shape index (κ1) is 18.5. The lowest BCUT2D eigenvalue weighted by molar-refractivity contribution is 0.103. The predicted octanol–water partition coefficient (Wildman–Crippen LogP) is 4.71. The molecule has 2 aromatic heterocycles. The van der Waals surface area contributed by atoms with E-state index in [9.17, 15) is 9.59 Å². The summed E-state index contributed by atoms with van der Waals surface area (Å²) >= 11 is 2.83. The van der Waals surface area contributed by atoms with Crippen LogP contribution in [0, 0.1) is 6.92 Å². The Bertz CT molecular complexity index is 1230. The Labute approximate surface area is 170 Å². The molecule has 0 fully saturated rings. The molecule has 2 heterocycles. The summed E-state index contributed by atoms with van der Waals surface area (Å²) in [5.74, 6) is -0.233. The monoisotopic (exact) mass is 407 g/mol. The van der Waals surface area contributed by atoms with Gasteiger partial charge >= 0.3 is 0 Å². The molecule has 0 bridgehead atoms. The van der Waals surface area contributed by atoms with Gasteiger partial charge in [-0.2, -0.15) is 0 Å². The van der Waals surface area contributed by atoms with Gasteiger partial charge in [-0.3, -0.25) is 9.59 Å². The van der Waals surface area contributed by atoms with Crippen LogP contribution in [0.2, 0.25) is 0 Å². The van der Waals surface area contributed by atoms with Crippen LogP contribution in [0.5, 0.6) is 0 Å². The fourth-order valence-electron chi connectivity index (χ4n) is 2.88. The maximum atomic E-state index is 13.0. The number of aryl methyl sites for hydroxylation is 2. The summed E-state index contributed by atoms with van der Waals surface area (Å²) < 4.78 is 1.43. The van der Waals surface area contributed by atoms with Crippen molar-refractivity contribution in [1.29, 1.82) is 0 Å². The van der Waals surface area contributed by atoms with Crippen molar-refractivity contribution in [2.45, 2.75) is 16.7 Å². The van der Waals surface area contributed by atoms with Crippen LogP contribution in [-0.4, -0.2) is 15.5 Å². The maximum Gasteiger partial charge on any atom is 0.266 e. The first-order valence-corrected chi connectivity index (χ1v) is 10.3. The van der Waals surface area contributed by atoms with Crippen LogP contribution in [0.1, 0.15) is 15.2 Å². The molecule has 0 atom stereocenters. The minimum atomic E-state index is -0.233. The second kappa shape index (κ2) is 7.61. The summed E-state index contributed by atoms with van der Waals surface area (Å²) in [5.41, 5.74) is 1.26. The van der Waals surface area contributed by atoms with E-state index in [1.165, 1.54) is 22.2 Å². The molecule has 0 unspecified atom stereocenters. The van der Waals surface area contributed by atoms with Gasteiger partial charge in [-0.25, -0.2) is 4.98 Å². The van der Waals surface area contributed by atoms with Crippen LogP contribution in [0.25, 0.3) is 10.2 Å². The molecular formula is C21H17N3O2S2. The summed E-state index contributed by atoms with van der Waals surface area (Å²) in [4.78, 5) is 32.8. The molecule has 0 aliphatic carbocycles. The van der Waals surface area contributed by atoms with Crippen molar-refractivity contribution in [3.63, 3.8) is 0 Å². The molecule has 28 heavy (non-hydrogen) atoms. The summed E-state index contributed by atoms with van der Waals surface area (Å²) in [6, 6.07) is 17.7. The molecule has 1 N–H and O–H groups in total. The zero-order chi connectivity index (χ0) is 19.7. The van der Waals surface area contributed by atoms with E-state index >= 15 is 0 Å². The molecule has 1 amide bonds. The molecule has 7 heteroatoms. The lowest BCUT2D eigenvalue weighted by atomic mass is 10.2. The average molecular weight is 408 g/mol. The molecule has 4 aromatic rings. The first-order chi connectivity index (χ1) is 13.5. The van der Waals surface area contributed by atoms with E-state index in [4.69, 9.17) is 0 Å². The highest BCUT2D eigenvalue weighted by Crippen LogP contribution is 2.34. The fourth-order valence-corrected chi connectivity index (χ4v) is 4.84. The normalized spacial score (nSPS) is 10.9. The second-order valence-electron chi connectivity index (χ2n) is 6.26. The minimum Gasteiger partial charge on any atom is -0.320 e. The van der Waals surface area contributed by atoms with Crippen LogP contribution in [0.3, 0.4) is 0 Å². The number of carbonyl (C=O) groups is 1. The quantitative estimate of drug-likeness (QED) is 0.532. The van der Waals surface area contributed by atoms with Crippen molar-refractivity contribution >= 4 is 44.9 Å². The Balaban J connectivity index is 1.67. The number of amides is 1. The smallest absolute Gasteiger partial charge is 0.266 e. The van der Waals surface area contributed by atoms with Crippen molar-refractivity contribution < 1.29 is 4.79 Å². The highest BCUT2D eigenvalue weighted by Gasteiger charge is 2.20. The van der Waals surface area contributed by atoms with Crippen LogP contribution >= 0.6 is 23.1 Å². The molecule has 140 valence electrons. The van der Waals surface area contributed by atoms with Gasteiger partial charge in [-0.1, -0.05) is 42.1 Å². The van der Waals surface area contributed by atoms with Gasteiger partial charge in [0.25, 0.3) is 11.5 Å². The number of nitrogens with one attached hydrogen (secondary N) is 1. The zero-order valence-electron chi connectivity index (χ0n) is 15.3. The van der Waals surface area contributed by atoms with Crippen LogP contribution < -0.4 is 10.9 Å². The van der Waals surface area contributed by atoms with Gasteiger partial charge in [0, 0.05) is 16.8 Å². The van der Waals surface area contributed by atoms with Gasteiger partial charge < -0.3 is 9.88 Å². The molecular weight excluding hydrogens is 390 g/mol. The molecule has 0 radical (unpaired) electrons. The van der Waals surface area contributed by atoms with E-state index in [2.05, 4.69) is 10.3 Å². The Morgan fingerprint density at radius 1 is 1.11 bits per heavy atom. The first-order valence-electron chi connectivity index (χ1n) is 8.62. The van der Waals surface area contributed by atoms with Crippen molar-refractivity contribution in [3.05, 3.63) is 81.7 Å². The number of rotatable bonds is 4. The third kappa shape index (κ3) is 3.46. The van der Waals surface area contributed by atoms with Crippen molar-refractivity contribution in [2.75, 3.05) is 5.32 Å². The zero-order valence-corrected chi connectivity index (χ0v) is 16.9. The van der Waals surface area contributed by atoms with E-state index in [0.717, 1.165) is 15.5 Å². The standard InChI is InChI=1S/C21H17N3O2S2/c1-13-17-20(22-12-24(2)21(17)26)28-18(13)19(25)23-15-10-6-7-11-16(15)27-14-8-4-3-5-9-14/h3-12H,1-2H3,(H,23,25). The van der Waals surface area contributed by atoms with Gasteiger partial charge in [0.05, 0.1) is 22.3 Å². The number of fused-ring (bicyclic) bond motifs is 1. The molecule has 5 nitrogen and oxygen atoms in total. The van der Waals surface area contributed by atoms with E-state index in [1.54, 1.807) is 25.7 Å². The summed E-state index contributed by atoms with van der Waals surface area (Å²) in [7, 11) is 1.66. The van der Waals surface area contributed by atoms with Crippen molar-refractivity contribution in [2.24, 2.45) is 7.05 Å². The molecule has 2 aromatic carbocycles. The second-order valence-corrected chi connectivity index (χ2v) is 8.38. The molecule has 4 rings (SSSR count). The van der Waals surface area contributed by atoms with Crippen LogP contribution in [0.15, 0.2) is 75.5 Å². The summed E-state index contributed by atoms with van der Waals surface area (Å²) in [5, 5.41) is 3.50. The van der Waals surface area contributed by atoms with E-state index in [1.807, 2.05) is 54.6 Å². The third-order valence-electron chi connectivity index (χ3n) is 4.32. The summed E-state index contributed by atoms with van der Waals surface area (Å²) in [6.07, 6.45) is 1.48. The van der Waals surface area contributed by atoms with Crippen molar-refractivity contribution in [3.8, 4) is 0 Å². The number of hydrogen-bond donors (Lipinski definition) is 1. The van der Waals surface area contributed by atoms with Gasteiger partial charge in [-0.15, -0.1) is 11.3 Å².